The molecular weight excluding hydrogens is 713 g/mol. The van der Waals surface area contributed by atoms with Crippen LogP contribution in [0.5, 0.6) is 0 Å². The maximum Gasteiger partial charge on any atom is 0.0991 e. The molecular formula is C57H36N2. The highest BCUT2D eigenvalue weighted by Gasteiger charge is 2.52. The second-order valence-electron chi connectivity index (χ2n) is 16.9. The van der Waals surface area contributed by atoms with E-state index in [0.717, 1.165) is 11.1 Å². The minimum atomic E-state index is -0.650. The summed E-state index contributed by atoms with van der Waals surface area (Å²) >= 11 is 0. The first-order chi connectivity index (χ1) is 28.9. The molecule has 0 heterocycles. The van der Waals surface area contributed by atoms with Gasteiger partial charge in [-0.3, -0.25) is 0 Å². The number of nitriles is 2. The lowest BCUT2D eigenvalue weighted by Crippen LogP contribution is -2.31. The van der Waals surface area contributed by atoms with Gasteiger partial charge in [-0.15, -0.1) is 0 Å². The van der Waals surface area contributed by atoms with Crippen LogP contribution in [0.25, 0.3) is 45.5 Å². The third-order valence-corrected chi connectivity index (χ3v) is 14.3. The maximum atomic E-state index is 10.1. The van der Waals surface area contributed by atoms with E-state index in [9.17, 15) is 10.5 Å². The zero-order valence-corrected chi connectivity index (χ0v) is 32.7. The standard InChI is InChI=1S/C57H36N2/c1-55(39-13-5-3-6-14-39)51-27-35(33-58)21-25-43(51)45-31-49-37(29-53(45)55)23-24-38-30-54-46(44-26-22-36(34-59)28-52(44)56(54,2)40-15-7-4-8-16-40)32-50(38)57(49)47-19-11-9-17-41(47)42-18-10-12-20-48(42)57/h3-32H,1-2H3/t55-,56+. The van der Waals surface area contributed by atoms with Crippen LogP contribution < -0.4 is 0 Å². The van der Waals surface area contributed by atoms with Crippen LogP contribution in [-0.2, 0) is 16.2 Å². The quantitative estimate of drug-likeness (QED) is 0.177. The molecule has 1 spiro atoms. The number of nitrogens with zero attached hydrogens (tertiary/aromatic N) is 2. The molecule has 0 saturated heterocycles. The predicted molar refractivity (Wildman–Crippen MR) is 237 cm³/mol. The Morgan fingerprint density at radius 3 is 1.14 bits per heavy atom. The molecule has 0 unspecified atom stereocenters. The van der Waals surface area contributed by atoms with Crippen molar-refractivity contribution in [3.05, 3.63) is 248 Å². The monoisotopic (exact) mass is 748 g/mol. The van der Waals surface area contributed by atoms with Gasteiger partial charge in [-0.2, -0.15) is 10.5 Å². The molecule has 0 amide bonds. The summed E-state index contributed by atoms with van der Waals surface area (Å²) in [6.45, 7) is 4.66. The Balaban J connectivity index is 1.22. The Kier molecular flexibility index (Phi) is 6.70. The van der Waals surface area contributed by atoms with Gasteiger partial charge in [-0.05, 0) is 163 Å². The van der Waals surface area contributed by atoms with Crippen LogP contribution in [0.3, 0.4) is 0 Å². The van der Waals surface area contributed by atoms with Gasteiger partial charge in [-0.25, -0.2) is 0 Å². The lowest BCUT2D eigenvalue weighted by Gasteiger charge is -2.37. The zero-order chi connectivity index (χ0) is 39.7. The van der Waals surface area contributed by atoms with Crippen molar-refractivity contribution in [3.8, 4) is 45.5 Å². The van der Waals surface area contributed by atoms with E-state index in [0.29, 0.717) is 11.1 Å². The Hall–Kier alpha value is -7.52. The van der Waals surface area contributed by atoms with Gasteiger partial charge in [0.1, 0.15) is 0 Å². The Morgan fingerprint density at radius 1 is 0.339 bits per heavy atom. The fourth-order valence-corrected chi connectivity index (χ4v) is 11.6. The smallest absolute Gasteiger partial charge is 0.0991 e. The van der Waals surface area contributed by atoms with E-state index < -0.39 is 16.2 Å². The van der Waals surface area contributed by atoms with Crippen LogP contribution in [0.4, 0.5) is 0 Å². The van der Waals surface area contributed by atoms with E-state index in [1.807, 2.05) is 12.1 Å². The highest BCUT2D eigenvalue weighted by Crippen LogP contribution is 2.63. The van der Waals surface area contributed by atoms with E-state index >= 15 is 0 Å². The molecule has 0 saturated carbocycles. The van der Waals surface area contributed by atoms with Crippen molar-refractivity contribution in [1.29, 1.82) is 10.5 Å². The first kappa shape index (κ1) is 33.6. The average molecular weight is 749 g/mol. The number of fused-ring (bicyclic) bond motifs is 15. The predicted octanol–water partition coefficient (Wildman–Crippen LogP) is 12.9. The molecule has 2 nitrogen and oxygen atoms in total. The largest absolute Gasteiger partial charge is 0.192 e. The highest BCUT2D eigenvalue weighted by molar-refractivity contribution is 5.96. The Morgan fingerprint density at radius 2 is 0.712 bits per heavy atom. The Bertz CT molecular complexity index is 3050. The van der Waals surface area contributed by atoms with Gasteiger partial charge < -0.3 is 0 Å². The van der Waals surface area contributed by atoms with Gasteiger partial charge in [0.05, 0.1) is 28.7 Å². The molecule has 0 bridgehead atoms. The topological polar surface area (TPSA) is 47.6 Å². The van der Waals surface area contributed by atoms with Crippen molar-refractivity contribution in [3.63, 3.8) is 0 Å². The van der Waals surface area contributed by atoms with Crippen LogP contribution in [0, 0.1) is 22.7 Å². The zero-order valence-electron chi connectivity index (χ0n) is 32.7. The first-order valence-corrected chi connectivity index (χ1v) is 20.4. The fraction of sp³-hybridized carbons (Fsp3) is 0.0877. The molecule has 274 valence electrons. The third-order valence-electron chi connectivity index (χ3n) is 14.3. The van der Waals surface area contributed by atoms with Gasteiger partial charge in [0.2, 0.25) is 0 Å². The SMILES string of the molecule is C[C@]1(c2ccccc2)c2cc(C#N)ccc2-c2cc3c(cc21)C=Cc1cc2c(cc1C31c3ccccc3-c3ccccc31)-c1ccc(C#N)cc1[C@@]2(C)c1ccccc1. The molecule has 8 aromatic rings. The first-order valence-electron chi connectivity index (χ1n) is 20.4. The van der Waals surface area contributed by atoms with Crippen LogP contribution >= 0.6 is 0 Å². The summed E-state index contributed by atoms with van der Waals surface area (Å²) in [4.78, 5) is 0. The highest BCUT2D eigenvalue weighted by atomic mass is 14.5. The minimum Gasteiger partial charge on any atom is -0.192 e. The van der Waals surface area contributed by atoms with Gasteiger partial charge in [0.15, 0.2) is 0 Å². The molecule has 0 aliphatic heterocycles. The van der Waals surface area contributed by atoms with Crippen molar-refractivity contribution in [2.45, 2.75) is 30.1 Å². The van der Waals surface area contributed by atoms with Crippen LogP contribution in [-0.4, -0.2) is 0 Å². The molecule has 0 aromatic heterocycles. The van der Waals surface area contributed by atoms with Gasteiger partial charge in [0.25, 0.3) is 0 Å². The van der Waals surface area contributed by atoms with Gasteiger partial charge in [-0.1, -0.05) is 133 Å². The number of rotatable bonds is 2. The Labute approximate surface area is 344 Å². The minimum absolute atomic E-state index is 0.468. The summed E-state index contributed by atoms with van der Waals surface area (Å²) < 4.78 is 0. The second-order valence-corrected chi connectivity index (χ2v) is 16.9. The van der Waals surface area contributed by atoms with Crippen molar-refractivity contribution in [2.75, 3.05) is 0 Å². The van der Waals surface area contributed by atoms with Crippen molar-refractivity contribution < 1.29 is 0 Å². The van der Waals surface area contributed by atoms with Crippen molar-refractivity contribution in [2.24, 2.45) is 0 Å². The van der Waals surface area contributed by atoms with Crippen LogP contribution in [0.15, 0.2) is 170 Å². The third kappa shape index (κ3) is 4.13. The second kappa shape index (κ2) is 11.8. The van der Waals surface area contributed by atoms with Gasteiger partial charge >= 0.3 is 0 Å². The van der Waals surface area contributed by atoms with E-state index in [-0.39, 0.29) is 0 Å². The summed E-state index contributed by atoms with van der Waals surface area (Å²) in [6, 6.07) is 66.8. The molecule has 59 heavy (non-hydrogen) atoms. The number of hydrogen-bond acceptors (Lipinski definition) is 2. The van der Waals surface area contributed by atoms with E-state index in [1.165, 1.54) is 89.0 Å². The van der Waals surface area contributed by atoms with Crippen molar-refractivity contribution in [1.82, 2.24) is 0 Å². The summed E-state index contributed by atoms with van der Waals surface area (Å²) in [6.07, 6.45) is 4.70. The number of benzene rings is 8. The van der Waals surface area contributed by atoms with Crippen LogP contribution in [0.1, 0.15) is 91.7 Å². The fourth-order valence-electron chi connectivity index (χ4n) is 11.6. The van der Waals surface area contributed by atoms with Gasteiger partial charge in [0, 0.05) is 10.8 Å². The summed E-state index contributed by atoms with van der Waals surface area (Å²) in [5.74, 6) is 0. The molecule has 12 rings (SSSR count). The molecule has 0 N–H and O–H groups in total. The van der Waals surface area contributed by atoms with Crippen LogP contribution in [0.2, 0.25) is 0 Å². The lowest BCUT2D eigenvalue weighted by atomic mass is 9.64. The molecule has 4 aliphatic rings. The molecule has 2 heteroatoms. The summed E-state index contributed by atoms with van der Waals surface area (Å²) in [5.41, 5.74) is 21.7. The van der Waals surface area contributed by atoms with Crippen molar-refractivity contribution >= 4 is 12.2 Å². The molecule has 8 aromatic carbocycles. The molecule has 2 atom stereocenters. The lowest BCUT2D eigenvalue weighted by molar-refractivity contribution is 0.707. The normalized spacial score (nSPS) is 18.8. The van der Waals surface area contributed by atoms with E-state index in [4.69, 9.17) is 0 Å². The molecule has 0 radical (unpaired) electrons. The number of hydrogen-bond donors (Lipinski definition) is 0. The molecule has 4 aliphatic carbocycles. The molecule has 0 fully saturated rings. The maximum absolute atomic E-state index is 10.1. The van der Waals surface area contributed by atoms with E-state index in [2.05, 4.69) is 196 Å². The van der Waals surface area contributed by atoms with E-state index in [1.54, 1.807) is 0 Å². The average Bonchev–Trinajstić information content (AvgIpc) is 3.79. The summed E-state index contributed by atoms with van der Waals surface area (Å²) in [7, 11) is 0. The summed E-state index contributed by atoms with van der Waals surface area (Å²) in [5, 5.41) is 20.3.